The Hall–Kier alpha value is -1.56. The van der Waals surface area contributed by atoms with Crippen LogP contribution < -0.4 is 5.30 Å². The second-order valence-electron chi connectivity index (χ2n) is 7.76. The van der Waals surface area contributed by atoms with Crippen molar-refractivity contribution in [2.24, 2.45) is 0 Å². The Morgan fingerprint density at radius 3 is 2.39 bits per heavy atom. The first-order valence-corrected chi connectivity index (χ1v) is 14.7. The van der Waals surface area contributed by atoms with E-state index in [1.807, 2.05) is 0 Å². The number of rotatable bonds is 4. The van der Waals surface area contributed by atoms with E-state index >= 15 is 0 Å². The molecule has 2 aliphatic rings. The number of benzene rings is 3. The van der Waals surface area contributed by atoms with E-state index in [4.69, 9.17) is 0 Å². The van der Waals surface area contributed by atoms with E-state index < -0.39 is 22.9 Å². The van der Waals surface area contributed by atoms with Crippen LogP contribution in [-0.2, 0) is 25.8 Å². The maximum atomic E-state index is 2.58. The van der Waals surface area contributed by atoms with Crippen LogP contribution in [-0.4, -0.2) is 0 Å². The summed E-state index contributed by atoms with van der Waals surface area (Å²) in [6.45, 7) is 4.62. The van der Waals surface area contributed by atoms with Gasteiger partial charge in [0.25, 0.3) is 0 Å². The first-order chi connectivity index (χ1) is 13.7. The van der Waals surface area contributed by atoms with Crippen molar-refractivity contribution in [2.75, 3.05) is 0 Å². The molecule has 3 aromatic carbocycles. The topological polar surface area (TPSA) is 0 Å². The van der Waals surface area contributed by atoms with Gasteiger partial charge in [0, 0.05) is 0 Å². The van der Waals surface area contributed by atoms with E-state index in [1.54, 1.807) is 16.7 Å². The summed E-state index contributed by atoms with van der Waals surface area (Å²) in [7, 11) is 0.820. The van der Waals surface area contributed by atoms with E-state index in [-0.39, 0.29) is 2.91 Å². The third-order valence-electron chi connectivity index (χ3n) is 5.89. The molecule has 3 aromatic rings. The van der Waals surface area contributed by atoms with E-state index in [2.05, 4.69) is 105 Å². The second-order valence-corrected chi connectivity index (χ2v) is 17.1. The van der Waals surface area contributed by atoms with Crippen molar-refractivity contribution in [3.8, 4) is 0 Å². The summed E-state index contributed by atoms with van der Waals surface area (Å²) in [5, 5.41) is 1.53. The average Bonchev–Trinajstić information content (AvgIpc) is 3.23. The standard InChI is InChI=1S/C16H14P.C10H9.Hf/c1-12-6-2-5-9-15(12)17-16-11-10-13-7-3-4-8-14(13)16;1-8-6-9-4-2-3-5-10(9)7-8;/h2-11,17H,1H3;2-7H,1H3;. The summed E-state index contributed by atoms with van der Waals surface area (Å²) in [5.74, 6) is 0. The first-order valence-electron chi connectivity index (χ1n) is 9.84. The Kier molecular flexibility index (Phi) is 4.85. The number of aryl methyl sites for hydroxylation is 1. The molecule has 0 saturated carbocycles. The summed E-state index contributed by atoms with van der Waals surface area (Å²) in [6.07, 6.45) is 7.41. The summed E-state index contributed by atoms with van der Waals surface area (Å²) in [4.78, 5) is 0. The minimum atomic E-state index is -1.17. The molecule has 0 aliphatic heterocycles. The van der Waals surface area contributed by atoms with Crippen molar-refractivity contribution < 1.29 is 22.9 Å². The third-order valence-corrected chi connectivity index (χ3v) is 17.1. The van der Waals surface area contributed by atoms with Crippen LogP contribution >= 0.6 is 8.58 Å². The molecule has 0 amide bonds. The van der Waals surface area contributed by atoms with Gasteiger partial charge < -0.3 is 0 Å². The Bertz CT molecular complexity index is 1110. The summed E-state index contributed by atoms with van der Waals surface area (Å²) < 4.78 is 0.948. The molecule has 0 saturated heterocycles. The Balaban J connectivity index is 1.60. The van der Waals surface area contributed by atoms with Gasteiger partial charge in [0.15, 0.2) is 0 Å². The van der Waals surface area contributed by atoms with E-state index in [0.717, 1.165) is 8.58 Å². The van der Waals surface area contributed by atoms with E-state index in [0.29, 0.717) is 3.67 Å². The van der Waals surface area contributed by atoms with Gasteiger partial charge >= 0.3 is 182 Å². The van der Waals surface area contributed by atoms with Crippen molar-refractivity contribution in [2.45, 2.75) is 20.4 Å². The monoisotopic (exact) mass is 546 g/mol. The second kappa shape index (κ2) is 7.36. The fourth-order valence-corrected chi connectivity index (χ4v) is 15.6. The fraction of sp³-hybridized carbons (Fsp3) is 0.154. The molecule has 28 heavy (non-hydrogen) atoms. The molecule has 0 spiro atoms. The molecular weight excluding hydrogens is 522 g/mol. The van der Waals surface area contributed by atoms with Crippen LogP contribution in [0.4, 0.5) is 0 Å². The van der Waals surface area contributed by atoms with Crippen LogP contribution in [0.2, 0.25) is 0 Å². The molecule has 5 rings (SSSR count). The number of fused-ring (bicyclic) bond motifs is 2. The van der Waals surface area contributed by atoms with Gasteiger partial charge in [0.05, 0.1) is 0 Å². The zero-order valence-corrected chi connectivity index (χ0v) is 20.8. The molecule has 0 bridgehead atoms. The summed E-state index contributed by atoms with van der Waals surface area (Å²) >= 11 is -1.17. The Labute approximate surface area is 180 Å². The molecule has 2 heteroatoms. The molecule has 0 nitrogen and oxygen atoms in total. The Morgan fingerprint density at radius 1 is 0.821 bits per heavy atom. The van der Waals surface area contributed by atoms with Crippen molar-refractivity contribution in [3.63, 3.8) is 0 Å². The van der Waals surface area contributed by atoms with Gasteiger partial charge in [-0.1, -0.05) is 0 Å². The molecule has 2 aliphatic carbocycles. The molecular formula is C26H23HfP. The molecule has 0 fully saturated rings. The quantitative estimate of drug-likeness (QED) is 0.263. The maximum absolute atomic E-state index is 2.58. The molecule has 0 heterocycles. The fourth-order valence-electron chi connectivity index (χ4n) is 4.40. The molecule has 0 N–H and O–H groups in total. The SMILES string of the molecule is CC1=Cc2ccccc2[CH]1[Hf][C]1(Pc2ccccc2C)C=Cc2ccccc21. The van der Waals surface area contributed by atoms with Crippen molar-refractivity contribution >= 4 is 26.0 Å². The predicted molar refractivity (Wildman–Crippen MR) is 119 cm³/mol. The van der Waals surface area contributed by atoms with Gasteiger partial charge in [-0.25, -0.2) is 0 Å². The van der Waals surface area contributed by atoms with Gasteiger partial charge in [-0.2, -0.15) is 0 Å². The normalized spacial score (nSPS) is 22.4. The van der Waals surface area contributed by atoms with Crippen LogP contribution in [0.1, 0.15) is 38.4 Å². The number of hydrogen-bond acceptors (Lipinski definition) is 0. The molecule has 0 radical (unpaired) electrons. The van der Waals surface area contributed by atoms with Gasteiger partial charge in [-0.15, -0.1) is 0 Å². The molecule has 0 aromatic heterocycles. The summed E-state index contributed by atoms with van der Waals surface area (Å²) in [6, 6.07) is 27.1. The average molecular weight is 545 g/mol. The van der Waals surface area contributed by atoms with Crippen LogP contribution in [0.15, 0.2) is 84.4 Å². The van der Waals surface area contributed by atoms with E-state index in [1.165, 1.54) is 22.0 Å². The van der Waals surface area contributed by atoms with Crippen molar-refractivity contribution in [1.82, 2.24) is 0 Å². The first kappa shape index (κ1) is 18.5. The zero-order chi connectivity index (χ0) is 19.1. The van der Waals surface area contributed by atoms with Crippen molar-refractivity contribution in [1.29, 1.82) is 0 Å². The number of allylic oxidation sites excluding steroid dienone is 2. The number of hydrogen-bond donors (Lipinski definition) is 0. The van der Waals surface area contributed by atoms with Gasteiger partial charge in [0.2, 0.25) is 0 Å². The minimum absolute atomic E-state index is 0.264. The molecule has 3 atom stereocenters. The van der Waals surface area contributed by atoms with E-state index in [9.17, 15) is 0 Å². The molecule has 136 valence electrons. The van der Waals surface area contributed by atoms with Gasteiger partial charge in [0.1, 0.15) is 0 Å². The van der Waals surface area contributed by atoms with Crippen LogP contribution in [0.5, 0.6) is 0 Å². The van der Waals surface area contributed by atoms with Crippen LogP contribution in [0.25, 0.3) is 12.2 Å². The van der Waals surface area contributed by atoms with Gasteiger partial charge in [-0.05, 0) is 0 Å². The summed E-state index contributed by atoms with van der Waals surface area (Å²) in [5.41, 5.74) is 9.05. The van der Waals surface area contributed by atoms with Crippen LogP contribution in [0, 0.1) is 6.92 Å². The molecule has 3 unspecified atom stereocenters. The Morgan fingerprint density at radius 2 is 1.54 bits per heavy atom. The predicted octanol–water partition coefficient (Wildman–Crippen LogP) is 6.42. The van der Waals surface area contributed by atoms with Gasteiger partial charge in [-0.3, -0.25) is 0 Å². The van der Waals surface area contributed by atoms with Crippen molar-refractivity contribution in [3.05, 3.63) is 112 Å². The van der Waals surface area contributed by atoms with Crippen LogP contribution in [0.3, 0.4) is 0 Å². The zero-order valence-electron chi connectivity index (χ0n) is 16.2. The third kappa shape index (κ3) is 3.14.